The monoisotopic (exact) mass is 554 g/mol. The van der Waals surface area contributed by atoms with E-state index in [9.17, 15) is 14.4 Å². The third-order valence-electron chi connectivity index (χ3n) is 9.06. The summed E-state index contributed by atoms with van der Waals surface area (Å²) in [6, 6.07) is 2.41. The number of rotatable bonds is 16. The first kappa shape index (κ1) is 36.3. The molecule has 0 N–H and O–H groups in total. The zero-order valence-corrected chi connectivity index (χ0v) is 27.9. The average molecular weight is 555 g/mol. The zero-order valence-electron chi connectivity index (χ0n) is 27.9. The minimum Gasteiger partial charge on any atom is -0.300 e. The molecule has 1 aliphatic carbocycles. The second-order valence-corrected chi connectivity index (χ2v) is 12.9. The molecule has 1 aromatic carbocycles. The van der Waals surface area contributed by atoms with Crippen LogP contribution in [0.2, 0.25) is 0 Å². The molecule has 0 heterocycles. The summed E-state index contributed by atoms with van der Waals surface area (Å²) in [4.78, 5) is 38.2. The molecule has 1 aliphatic rings. The van der Waals surface area contributed by atoms with Crippen molar-refractivity contribution in [3.63, 3.8) is 0 Å². The van der Waals surface area contributed by atoms with Crippen molar-refractivity contribution in [1.29, 1.82) is 0 Å². The van der Waals surface area contributed by atoms with Crippen molar-refractivity contribution in [2.75, 3.05) is 0 Å². The van der Waals surface area contributed by atoms with Gasteiger partial charge in [0, 0.05) is 17.9 Å². The van der Waals surface area contributed by atoms with Gasteiger partial charge in [-0.15, -0.1) is 0 Å². The molecule has 40 heavy (non-hydrogen) atoms. The average Bonchev–Trinajstić information content (AvgIpc) is 2.88. The fourth-order valence-corrected chi connectivity index (χ4v) is 6.94. The van der Waals surface area contributed by atoms with Crippen LogP contribution in [0.25, 0.3) is 0 Å². The minimum atomic E-state index is -0.0795. The number of ketones is 3. The van der Waals surface area contributed by atoms with Crippen LogP contribution in [0.3, 0.4) is 0 Å². The molecule has 0 radical (unpaired) electrons. The Morgan fingerprint density at radius 1 is 0.950 bits per heavy atom. The molecule has 2 rings (SSSR count). The molecule has 0 fully saturated rings. The molecule has 0 aromatic heterocycles. The normalized spacial score (nSPS) is 16.4. The van der Waals surface area contributed by atoms with Gasteiger partial charge >= 0.3 is 0 Å². The molecule has 0 aliphatic heterocycles. The molecule has 228 valence electrons. The van der Waals surface area contributed by atoms with Crippen LogP contribution in [-0.2, 0) is 22.4 Å². The molecule has 0 bridgehead atoms. The van der Waals surface area contributed by atoms with E-state index in [2.05, 4.69) is 68.4 Å². The van der Waals surface area contributed by atoms with E-state index < -0.39 is 0 Å². The van der Waals surface area contributed by atoms with Crippen LogP contribution in [0.1, 0.15) is 171 Å². The molecule has 3 unspecified atom stereocenters. The van der Waals surface area contributed by atoms with Gasteiger partial charge in [-0.25, -0.2) is 0 Å². The number of carbonyl (C=O) groups excluding carboxylic acids is 3. The zero-order chi connectivity index (χ0) is 30.4. The van der Waals surface area contributed by atoms with E-state index in [-0.39, 0.29) is 35.7 Å². The summed E-state index contributed by atoms with van der Waals surface area (Å²) in [5.41, 5.74) is 6.20. The van der Waals surface area contributed by atoms with Crippen molar-refractivity contribution in [3.8, 4) is 0 Å². The lowest BCUT2D eigenvalue weighted by Crippen LogP contribution is -2.30. The van der Waals surface area contributed by atoms with Crippen molar-refractivity contribution in [2.24, 2.45) is 23.7 Å². The first-order valence-electron chi connectivity index (χ1n) is 16.7. The van der Waals surface area contributed by atoms with Crippen LogP contribution < -0.4 is 0 Å². The molecular formula is C37H62O3. The van der Waals surface area contributed by atoms with Gasteiger partial charge in [0.1, 0.15) is 11.6 Å². The molecule has 0 spiro atoms. The Hall–Kier alpha value is -1.77. The van der Waals surface area contributed by atoms with Crippen LogP contribution in [0.15, 0.2) is 6.07 Å². The maximum Gasteiger partial charge on any atom is 0.163 e. The first-order valence-corrected chi connectivity index (χ1v) is 16.7. The molecular weight excluding hydrogens is 492 g/mol. The van der Waals surface area contributed by atoms with Crippen LogP contribution in [0.5, 0.6) is 0 Å². The molecule has 0 amide bonds. The van der Waals surface area contributed by atoms with E-state index >= 15 is 0 Å². The summed E-state index contributed by atoms with van der Waals surface area (Å²) in [6.07, 6.45) is 12.5. The second kappa shape index (κ2) is 18.6. The Morgan fingerprint density at radius 2 is 1.57 bits per heavy atom. The lowest BCUT2D eigenvalue weighted by atomic mass is 9.70. The molecule has 1 aromatic rings. The van der Waals surface area contributed by atoms with Crippen molar-refractivity contribution in [2.45, 2.75) is 159 Å². The Kier molecular flexibility index (Phi) is 16.9. The van der Waals surface area contributed by atoms with Gasteiger partial charge in [0.15, 0.2) is 5.78 Å². The minimum absolute atomic E-state index is 0.0435. The Balaban J connectivity index is 0.00000254. The van der Waals surface area contributed by atoms with Gasteiger partial charge in [-0.05, 0) is 91.9 Å². The van der Waals surface area contributed by atoms with Crippen molar-refractivity contribution >= 4 is 17.3 Å². The van der Waals surface area contributed by atoms with Gasteiger partial charge < -0.3 is 0 Å². The quantitative estimate of drug-likeness (QED) is 0.191. The molecule has 0 saturated carbocycles. The lowest BCUT2D eigenvalue weighted by molar-refractivity contribution is -0.129. The van der Waals surface area contributed by atoms with Crippen LogP contribution in [0, 0.1) is 30.6 Å². The van der Waals surface area contributed by atoms with E-state index in [4.69, 9.17) is 0 Å². The van der Waals surface area contributed by atoms with Crippen molar-refractivity contribution in [1.82, 2.24) is 0 Å². The number of carbonyl (C=O) groups is 3. The number of Topliss-reactive ketones (excluding diaryl/α,β-unsaturated/α-hetero) is 3. The smallest absolute Gasteiger partial charge is 0.163 e. The van der Waals surface area contributed by atoms with Gasteiger partial charge in [0.05, 0.1) is 6.42 Å². The highest BCUT2D eigenvalue weighted by atomic mass is 16.1. The Morgan fingerprint density at radius 3 is 2.08 bits per heavy atom. The van der Waals surface area contributed by atoms with Gasteiger partial charge in [-0.1, -0.05) is 100.0 Å². The van der Waals surface area contributed by atoms with Gasteiger partial charge in [0.2, 0.25) is 0 Å². The molecule has 3 heteroatoms. The fraction of sp³-hybridized carbons (Fsp3) is 0.757. The highest BCUT2D eigenvalue weighted by molar-refractivity contribution is 6.01. The SMILES string of the molecule is CCC.CCCC(CC1CC(=O)c2c(C)c(CCCC(CC)CC)cc(C(C)C)c2C1)C(CC)C(=O)CC(C)=O. The van der Waals surface area contributed by atoms with Crippen molar-refractivity contribution < 1.29 is 14.4 Å². The predicted molar refractivity (Wildman–Crippen MR) is 171 cm³/mol. The molecule has 3 nitrogen and oxygen atoms in total. The summed E-state index contributed by atoms with van der Waals surface area (Å²) in [5.74, 6) is 1.96. The topological polar surface area (TPSA) is 51.2 Å². The van der Waals surface area contributed by atoms with Crippen molar-refractivity contribution in [3.05, 3.63) is 33.9 Å². The highest BCUT2D eigenvalue weighted by Crippen LogP contribution is 2.40. The lowest BCUT2D eigenvalue weighted by Gasteiger charge is -2.33. The first-order chi connectivity index (χ1) is 19.0. The standard InChI is InChI=1S/C34H54O3.C3H8/c1-9-14-28(29(12-4)32(36)17-23(7)35)18-26-19-31-30(22(5)6)21-27(16-13-15-25(10-2)11-3)24(8)34(31)33(37)20-26;1-3-2/h21-22,25-26,28-29H,9-20H2,1-8H3;3H2,1-2H3. The number of benzene rings is 1. The molecule has 0 saturated heterocycles. The van der Waals surface area contributed by atoms with E-state index in [0.717, 1.165) is 50.0 Å². The van der Waals surface area contributed by atoms with E-state index in [0.29, 0.717) is 18.1 Å². The number of hydrogen-bond donors (Lipinski definition) is 0. The predicted octanol–water partition coefficient (Wildman–Crippen LogP) is 10.4. The third kappa shape index (κ3) is 10.6. The number of fused-ring (bicyclic) bond motifs is 1. The van der Waals surface area contributed by atoms with Gasteiger partial charge in [-0.3, -0.25) is 14.4 Å². The number of aryl methyl sites for hydroxylation is 1. The van der Waals surface area contributed by atoms with E-state index in [1.54, 1.807) is 0 Å². The summed E-state index contributed by atoms with van der Waals surface area (Å²) in [6.45, 7) is 21.2. The largest absolute Gasteiger partial charge is 0.300 e. The summed E-state index contributed by atoms with van der Waals surface area (Å²) >= 11 is 0. The van der Waals surface area contributed by atoms with Crippen LogP contribution in [0.4, 0.5) is 0 Å². The maximum atomic E-state index is 13.7. The highest BCUT2D eigenvalue weighted by Gasteiger charge is 2.34. The van der Waals surface area contributed by atoms with Gasteiger partial charge in [-0.2, -0.15) is 0 Å². The maximum absolute atomic E-state index is 13.7. The van der Waals surface area contributed by atoms with E-state index in [1.165, 1.54) is 61.3 Å². The third-order valence-corrected chi connectivity index (χ3v) is 9.06. The summed E-state index contributed by atoms with van der Waals surface area (Å²) in [5, 5.41) is 0. The van der Waals surface area contributed by atoms with E-state index in [1.807, 2.05) is 0 Å². The van der Waals surface area contributed by atoms with Crippen LogP contribution in [-0.4, -0.2) is 17.3 Å². The summed E-state index contributed by atoms with van der Waals surface area (Å²) in [7, 11) is 0. The second-order valence-electron chi connectivity index (χ2n) is 12.9. The Labute approximate surface area is 247 Å². The van der Waals surface area contributed by atoms with Crippen LogP contribution >= 0.6 is 0 Å². The summed E-state index contributed by atoms with van der Waals surface area (Å²) < 4.78 is 0. The fourth-order valence-electron chi connectivity index (χ4n) is 6.94. The van der Waals surface area contributed by atoms with Gasteiger partial charge in [0.25, 0.3) is 0 Å². The number of hydrogen-bond acceptors (Lipinski definition) is 3. The Bertz CT molecular complexity index is 937. The molecule has 3 atom stereocenters.